The van der Waals surface area contributed by atoms with E-state index in [4.69, 9.17) is 0 Å². The van der Waals surface area contributed by atoms with E-state index < -0.39 is 0 Å². The first kappa shape index (κ1) is 20.3. The van der Waals surface area contributed by atoms with Crippen LogP contribution < -0.4 is 15.4 Å². The van der Waals surface area contributed by atoms with Gasteiger partial charge in [0.15, 0.2) is 0 Å². The lowest BCUT2D eigenvalue weighted by molar-refractivity contribution is -0.132. The molecule has 2 aromatic rings. The van der Waals surface area contributed by atoms with Gasteiger partial charge in [0.05, 0.1) is 6.33 Å². The van der Waals surface area contributed by atoms with Gasteiger partial charge in [0.2, 0.25) is 5.91 Å². The third-order valence-electron chi connectivity index (χ3n) is 6.10. The van der Waals surface area contributed by atoms with Gasteiger partial charge >= 0.3 is 0 Å². The molecule has 0 atom stereocenters. The van der Waals surface area contributed by atoms with E-state index in [0.29, 0.717) is 37.4 Å². The predicted octanol–water partition coefficient (Wildman–Crippen LogP) is 0.989. The minimum Gasteiger partial charge on any atom is -0.356 e. The fraction of sp³-hybridized carbons (Fsp3) is 0.571. The lowest BCUT2D eigenvalue weighted by Crippen LogP contribution is -2.50. The first-order chi connectivity index (χ1) is 14.5. The van der Waals surface area contributed by atoms with E-state index in [1.165, 1.54) is 30.2 Å². The van der Waals surface area contributed by atoms with Gasteiger partial charge < -0.3 is 14.7 Å². The van der Waals surface area contributed by atoms with Gasteiger partial charge in [-0.1, -0.05) is 0 Å². The van der Waals surface area contributed by atoms with Crippen molar-refractivity contribution in [1.82, 2.24) is 24.4 Å². The largest absolute Gasteiger partial charge is 0.356 e. The Morgan fingerprint density at radius 2 is 1.53 bits per heavy atom. The zero-order valence-corrected chi connectivity index (χ0v) is 17.8. The second-order valence-corrected chi connectivity index (χ2v) is 8.04. The van der Waals surface area contributed by atoms with E-state index in [-0.39, 0.29) is 18.0 Å². The Morgan fingerprint density at radius 3 is 2.20 bits per heavy atom. The van der Waals surface area contributed by atoms with Crippen LogP contribution in [0.15, 0.2) is 23.5 Å². The van der Waals surface area contributed by atoms with Crippen LogP contribution in [-0.4, -0.2) is 69.6 Å². The molecule has 1 amide bonds. The molecule has 0 radical (unpaired) electrons. The number of piperidine rings is 1. The predicted molar refractivity (Wildman–Crippen MR) is 115 cm³/mol. The number of aryl methyl sites for hydroxylation is 1. The van der Waals surface area contributed by atoms with Gasteiger partial charge in [-0.25, -0.2) is 15.0 Å². The van der Waals surface area contributed by atoms with Crippen molar-refractivity contribution in [2.45, 2.75) is 39.7 Å². The number of hydrogen-bond acceptors (Lipinski definition) is 7. The van der Waals surface area contributed by atoms with E-state index in [9.17, 15) is 9.59 Å². The fourth-order valence-electron chi connectivity index (χ4n) is 4.03. The van der Waals surface area contributed by atoms with Crippen LogP contribution in [0.4, 0.5) is 11.6 Å². The summed E-state index contributed by atoms with van der Waals surface area (Å²) < 4.78 is 1.40. The summed E-state index contributed by atoms with van der Waals surface area (Å²) >= 11 is 0. The molecule has 2 fully saturated rings. The molecule has 2 saturated heterocycles. The molecule has 9 heteroatoms. The second kappa shape index (κ2) is 8.81. The second-order valence-electron chi connectivity index (χ2n) is 8.04. The maximum Gasteiger partial charge on any atom is 0.256 e. The molecule has 30 heavy (non-hydrogen) atoms. The standard InChI is InChI=1S/C21H29N7O2/c1-16-17(2)24-15-28(21(16)30)13-20(29)27-10-8-26(9-11-27)19-12-18(22-14-23-19)25-6-4-3-5-7-25/h12,14-15H,3-11,13H2,1-2H3. The van der Waals surface area contributed by atoms with Crippen LogP contribution in [-0.2, 0) is 11.3 Å². The highest BCUT2D eigenvalue weighted by Crippen LogP contribution is 2.22. The van der Waals surface area contributed by atoms with Crippen molar-refractivity contribution in [1.29, 1.82) is 0 Å². The molecule has 0 aromatic carbocycles. The van der Waals surface area contributed by atoms with Gasteiger partial charge in [-0.2, -0.15) is 0 Å². The number of piperazine rings is 1. The van der Waals surface area contributed by atoms with Crippen LogP contribution in [0.2, 0.25) is 0 Å². The molecule has 0 bridgehead atoms. The first-order valence-electron chi connectivity index (χ1n) is 10.7. The van der Waals surface area contributed by atoms with Gasteiger partial charge in [-0.3, -0.25) is 14.2 Å². The van der Waals surface area contributed by atoms with E-state index in [1.54, 1.807) is 20.2 Å². The number of aromatic nitrogens is 4. The van der Waals surface area contributed by atoms with E-state index in [2.05, 4.69) is 30.8 Å². The van der Waals surface area contributed by atoms with Gasteiger partial charge in [-0.15, -0.1) is 0 Å². The Labute approximate surface area is 176 Å². The van der Waals surface area contributed by atoms with Gasteiger partial charge in [0, 0.05) is 56.6 Å². The molecule has 0 N–H and O–H groups in total. The number of amides is 1. The molecular formula is C21H29N7O2. The maximum absolute atomic E-state index is 12.7. The molecule has 0 saturated carbocycles. The van der Waals surface area contributed by atoms with Crippen molar-refractivity contribution in [3.63, 3.8) is 0 Å². The van der Waals surface area contributed by atoms with Gasteiger partial charge in [0.25, 0.3) is 5.56 Å². The van der Waals surface area contributed by atoms with E-state index in [0.717, 1.165) is 24.7 Å². The SMILES string of the molecule is Cc1ncn(CC(=O)N2CCN(c3cc(N4CCCCC4)ncn3)CC2)c(=O)c1C. The Morgan fingerprint density at radius 1 is 0.900 bits per heavy atom. The number of hydrogen-bond donors (Lipinski definition) is 0. The lowest BCUT2D eigenvalue weighted by atomic mass is 10.1. The Hall–Kier alpha value is -2.97. The number of nitrogens with zero attached hydrogens (tertiary/aromatic N) is 7. The van der Waals surface area contributed by atoms with Crippen LogP contribution >= 0.6 is 0 Å². The number of rotatable bonds is 4. The molecule has 160 valence electrons. The molecular weight excluding hydrogens is 382 g/mol. The van der Waals surface area contributed by atoms with Crippen LogP contribution in [0, 0.1) is 13.8 Å². The molecule has 2 aliphatic rings. The first-order valence-corrected chi connectivity index (χ1v) is 10.7. The molecule has 2 aromatic heterocycles. The lowest BCUT2D eigenvalue weighted by Gasteiger charge is -2.36. The summed E-state index contributed by atoms with van der Waals surface area (Å²) in [4.78, 5) is 44.5. The Kier molecular flexibility index (Phi) is 5.96. The van der Waals surface area contributed by atoms with Crippen LogP contribution in [0.3, 0.4) is 0 Å². The summed E-state index contributed by atoms with van der Waals surface area (Å²) in [7, 11) is 0. The smallest absolute Gasteiger partial charge is 0.256 e. The van der Waals surface area contributed by atoms with Gasteiger partial charge in [0.1, 0.15) is 24.5 Å². The van der Waals surface area contributed by atoms with Crippen molar-refractivity contribution in [2.24, 2.45) is 0 Å². The zero-order valence-electron chi connectivity index (χ0n) is 17.8. The van der Waals surface area contributed by atoms with Gasteiger partial charge in [-0.05, 0) is 33.1 Å². The van der Waals surface area contributed by atoms with Crippen molar-refractivity contribution >= 4 is 17.5 Å². The molecule has 0 unspecified atom stereocenters. The highest BCUT2D eigenvalue weighted by molar-refractivity contribution is 5.76. The number of carbonyl (C=O) groups is 1. The quantitative estimate of drug-likeness (QED) is 0.741. The topological polar surface area (TPSA) is 87.5 Å². The average molecular weight is 412 g/mol. The number of carbonyl (C=O) groups excluding carboxylic acids is 1. The Balaban J connectivity index is 1.36. The third kappa shape index (κ3) is 4.29. The molecule has 0 aliphatic carbocycles. The minimum atomic E-state index is -0.152. The van der Waals surface area contributed by atoms with Crippen molar-refractivity contribution in [2.75, 3.05) is 49.1 Å². The summed E-state index contributed by atoms with van der Waals surface area (Å²) in [6.07, 6.45) is 6.80. The summed E-state index contributed by atoms with van der Waals surface area (Å²) in [6.45, 7) is 8.29. The zero-order chi connectivity index (χ0) is 21.1. The van der Waals surface area contributed by atoms with Crippen LogP contribution in [0.25, 0.3) is 0 Å². The van der Waals surface area contributed by atoms with Crippen LogP contribution in [0.5, 0.6) is 0 Å². The van der Waals surface area contributed by atoms with Crippen molar-refractivity contribution in [3.8, 4) is 0 Å². The molecule has 2 aliphatic heterocycles. The molecule has 4 rings (SSSR count). The highest BCUT2D eigenvalue weighted by atomic mass is 16.2. The summed E-state index contributed by atoms with van der Waals surface area (Å²) in [6, 6.07) is 2.06. The molecule has 9 nitrogen and oxygen atoms in total. The average Bonchev–Trinajstić information content (AvgIpc) is 2.80. The molecule has 0 spiro atoms. The molecule has 4 heterocycles. The normalized spacial score (nSPS) is 17.3. The third-order valence-corrected chi connectivity index (χ3v) is 6.10. The van der Waals surface area contributed by atoms with Crippen molar-refractivity contribution < 1.29 is 4.79 Å². The summed E-state index contributed by atoms with van der Waals surface area (Å²) in [5.74, 6) is 1.84. The summed E-state index contributed by atoms with van der Waals surface area (Å²) in [5.41, 5.74) is 1.13. The van der Waals surface area contributed by atoms with Crippen molar-refractivity contribution in [3.05, 3.63) is 40.3 Å². The van der Waals surface area contributed by atoms with E-state index in [1.807, 2.05) is 4.90 Å². The summed E-state index contributed by atoms with van der Waals surface area (Å²) in [5, 5.41) is 0. The Bertz CT molecular complexity index is 960. The van der Waals surface area contributed by atoms with E-state index >= 15 is 0 Å². The monoisotopic (exact) mass is 411 g/mol. The van der Waals surface area contributed by atoms with Crippen LogP contribution in [0.1, 0.15) is 30.5 Å². The highest BCUT2D eigenvalue weighted by Gasteiger charge is 2.23. The fourth-order valence-corrected chi connectivity index (χ4v) is 4.03. The minimum absolute atomic E-state index is 0.0273. The maximum atomic E-state index is 12.7. The number of anilines is 2.